The van der Waals surface area contributed by atoms with Crippen LogP contribution in [0.5, 0.6) is 5.75 Å². The van der Waals surface area contributed by atoms with E-state index in [2.05, 4.69) is 20.0 Å². The van der Waals surface area contributed by atoms with Gasteiger partial charge in [-0.1, -0.05) is 32.0 Å². The third-order valence-electron chi connectivity index (χ3n) is 5.19. The fourth-order valence-electron chi connectivity index (χ4n) is 3.50. The number of aromatic nitrogens is 4. The maximum atomic E-state index is 14.0. The van der Waals surface area contributed by atoms with Gasteiger partial charge in [-0.2, -0.15) is 0 Å². The lowest BCUT2D eigenvalue weighted by Gasteiger charge is -2.30. The van der Waals surface area contributed by atoms with Gasteiger partial charge in [-0.3, -0.25) is 4.57 Å². The SMILES string of the molecule is CCCOC(OCCC)C(C)NP(=O)(COC(C)Cn1cnc2c(N)ncnc21)Oc1ccccc1. The topological polar surface area (TPSA) is 136 Å². The molecule has 0 radical (unpaired) electrons. The number of fused-ring (bicyclic) bond motifs is 1. The molecule has 198 valence electrons. The summed E-state index contributed by atoms with van der Waals surface area (Å²) in [4.78, 5) is 12.5. The van der Waals surface area contributed by atoms with Gasteiger partial charge in [0.25, 0.3) is 0 Å². The van der Waals surface area contributed by atoms with Gasteiger partial charge in [0, 0.05) is 13.2 Å². The number of ether oxygens (including phenoxy) is 3. The van der Waals surface area contributed by atoms with E-state index in [1.807, 2.05) is 50.5 Å². The fourth-order valence-corrected chi connectivity index (χ4v) is 5.34. The van der Waals surface area contributed by atoms with Gasteiger partial charge in [0.15, 0.2) is 17.8 Å². The molecule has 3 aromatic rings. The predicted octanol–water partition coefficient (Wildman–Crippen LogP) is 4.20. The molecule has 0 amide bonds. The Morgan fingerprint density at radius 1 is 1.03 bits per heavy atom. The average molecular weight is 521 g/mol. The van der Waals surface area contributed by atoms with Crippen molar-refractivity contribution in [3.63, 3.8) is 0 Å². The van der Waals surface area contributed by atoms with Crippen LogP contribution in [0.2, 0.25) is 0 Å². The maximum absolute atomic E-state index is 14.0. The number of hydrogen-bond donors (Lipinski definition) is 2. The van der Waals surface area contributed by atoms with Crippen molar-refractivity contribution in [2.45, 2.75) is 65.5 Å². The molecule has 2 aromatic heterocycles. The number of anilines is 1. The highest BCUT2D eigenvalue weighted by atomic mass is 31.2. The maximum Gasteiger partial charge on any atom is 0.342 e. The largest absolute Gasteiger partial charge is 0.431 e. The molecule has 1 aromatic carbocycles. The summed E-state index contributed by atoms with van der Waals surface area (Å²) in [5, 5.41) is 3.11. The molecule has 0 fully saturated rings. The monoisotopic (exact) mass is 520 g/mol. The molecule has 11 nitrogen and oxygen atoms in total. The number of para-hydroxylation sites is 1. The molecular weight excluding hydrogens is 483 g/mol. The highest BCUT2D eigenvalue weighted by Gasteiger charge is 2.32. The van der Waals surface area contributed by atoms with Crippen LogP contribution in [0.3, 0.4) is 0 Å². The lowest BCUT2D eigenvalue weighted by molar-refractivity contribution is -0.154. The van der Waals surface area contributed by atoms with Crippen molar-refractivity contribution >= 4 is 24.5 Å². The molecule has 36 heavy (non-hydrogen) atoms. The summed E-state index contributed by atoms with van der Waals surface area (Å²) in [5.74, 6) is 0.793. The Hall–Kier alpha value is -2.56. The Morgan fingerprint density at radius 2 is 1.72 bits per heavy atom. The van der Waals surface area contributed by atoms with E-state index < -0.39 is 19.9 Å². The van der Waals surface area contributed by atoms with Gasteiger partial charge in [0.1, 0.15) is 23.9 Å². The van der Waals surface area contributed by atoms with E-state index in [4.69, 9.17) is 24.5 Å². The molecule has 3 N–H and O–H groups in total. The third kappa shape index (κ3) is 7.97. The Morgan fingerprint density at radius 3 is 2.39 bits per heavy atom. The lowest BCUT2D eigenvalue weighted by atomic mass is 10.3. The Labute approximate surface area is 212 Å². The van der Waals surface area contributed by atoms with E-state index in [1.165, 1.54) is 6.33 Å². The quantitative estimate of drug-likeness (QED) is 0.209. The van der Waals surface area contributed by atoms with Crippen LogP contribution >= 0.6 is 7.52 Å². The highest BCUT2D eigenvalue weighted by Crippen LogP contribution is 2.44. The number of imidazole rings is 1. The molecule has 0 aliphatic rings. The summed E-state index contributed by atoms with van der Waals surface area (Å²) in [6, 6.07) is 8.61. The van der Waals surface area contributed by atoms with Gasteiger partial charge in [-0.05, 0) is 38.8 Å². The van der Waals surface area contributed by atoms with Gasteiger partial charge in [0.2, 0.25) is 0 Å². The first-order chi connectivity index (χ1) is 17.3. The first kappa shape index (κ1) is 28.0. The number of nitrogens with zero attached hydrogens (tertiary/aromatic N) is 4. The molecular formula is C24H37N6O5P. The second kappa shape index (κ2) is 13.7. The van der Waals surface area contributed by atoms with Crippen molar-refractivity contribution in [3.05, 3.63) is 43.0 Å². The van der Waals surface area contributed by atoms with E-state index in [0.717, 1.165) is 12.8 Å². The molecule has 0 saturated carbocycles. The van der Waals surface area contributed by atoms with E-state index in [9.17, 15) is 4.57 Å². The van der Waals surface area contributed by atoms with Crippen LogP contribution in [-0.2, 0) is 25.3 Å². The van der Waals surface area contributed by atoms with Crippen LogP contribution in [0.25, 0.3) is 11.2 Å². The molecule has 2 heterocycles. The number of nitrogen functional groups attached to an aromatic ring is 1. The highest BCUT2D eigenvalue weighted by molar-refractivity contribution is 7.57. The second-order valence-electron chi connectivity index (χ2n) is 8.54. The summed E-state index contributed by atoms with van der Waals surface area (Å²) >= 11 is 0. The van der Waals surface area contributed by atoms with Crippen LogP contribution in [0, 0.1) is 0 Å². The smallest absolute Gasteiger partial charge is 0.342 e. The predicted molar refractivity (Wildman–Crippen MR) is 139 cm³/mol. The lowest BCUT2D eigenvalue weighted by Crippen LogP contribution is -2.41. The van der Waals surface area contributed by atoms with E-state index in [-0.39, 0.29) is 12.5 Å². The average Bonchev–Trinajstić information content (AvgIpc) is 3.27. The minimum atomic E-state index is -3.52. The van der Waals surface area contributed by atoms with Crippen molar-refractivity contribution in [2.75, 3.05) is 25.3 Å². The van der Waals surface area contributed by atoms with Crippen molar-refractivity contribution in [2.24, 2.45) is 0 Å². The molecule has 0 aliphatic heterocycles. The Kier molecular flexibility index (Phi) is 10.6. The number of nitrogens with two attached hydrogens (primary N) is 1. The van der Waals surface area contributed by atoms with E-state index in [0.29, 0.717) is 42.5 Å². The second-order valence-corrected chi connectivity index (χ2v) is 10.6. The number of hydrogen-bond acceptors (Lipinski definition) is 9. The number of nitrogens with one attached hydrogen (secondary N) is 1. The van der Waals surface area contributed by atoms with Crippen molar-refractivity contribution in [1.29, 1.82) is 0 Å². The summed E-state index contributed by atoms with van der Waals surface area (Å²) in [7, 11) is -3.52. The summed E-state index contributed by atoms with van der Waals surface area (Å²) < 4.78 is 39.5. The van der Waals surface area contributed by atoms with Crippen molar-refractivity contribution < 1.29 is 23.3 Å². The van der Waals surface area contributed by atoms with Gasteiger partial charge in [-0.15, -0.1) is 0 Å². The third-order valence-corrected chi connectivity index (χ3v) is 6.98. The summed E-state index contributed by atoms with van der Waals surface area (Å²) in [6.07, 6.45) is 3.66. The zero-order valence-corrected chi connectivity index (χ0v) is 22.3. The zero-order valence-electron chi connectivity index (χ0n) is 21.4. The van der Waals surface area contributed by atoms with Gasteiger partial charge < -0.3 is 29.0 Å². The number of benzene rings is 1. The molecule has 0 bridgehead atoms. The van der Waals surface area contributed by atoms with Gasteiger partial charge in [0.05, 0.1) is 25.0 Å². The molecule has 3 atom stereocenters. The molecule has 0 saturated heterocycles. The molecule has 12 heteroatoms. The van der Waals surface area contributed by atoms with Crippen LogP contribution in [0.15, 0.2) is 43.0 Å². The van der Waals surface area contributed by atoms with Crippen LogP contribution < -0.4 is 15.3 Å². The fraction of sp³-hybridized carbons (Fsp3) is 0.542. The molecule has 3 unspecified atom stereocenters. The molecule has 0 spiro atoms. The van der Waals surface area contributed by atoms with Crippen LogP contribution in [0.1, 0.15) is 40.5 Å². The van der Waals surface area contributed by atoms with Crippen LogP contribution in [0.4, 0.5) is 5.82 Å². The minimum absolute atomic E-state index is 0.161. The Bertz CT molecular complexity index is 1110. The first-order valence-electron chi connectivity index (χ1n) is 12.2. The Balaban J connectivity index is 1.70. The summed E-state index contributed by atoms with van der Waals surface area (Å²) in [5.41, 5.74) is 7.02. The van der Waals surface area contributed by atoms with Crippen LogP contribution in [-0.4, -0.2) is 57.5 Å². The standard InChI is InChI=1S/C24H37N6O5P/c1-5-12-32-24(33-13-6-2)19(4)29-36(31,35-20-10-8-7-9-11-20)17-34-18(3)14-30-16-28-21-22(25)26-15-27-23(21)30/h7-11,15-16,18-19,24H,5-6,12-14,17H2,1-4H3,(H,29,31)(H2,25,26,27). The van der Waals surface area contributed by atoms with Gasteiger partial charge in [-0.25, -0.2) is 20.0 Å². The first-order valence-corrected chi connectivity index (χ1v) is 14.0. The molecule has 0 aliphatic carbocycles. The normalized spacial score (nSPS) is 15.1. The summed E-state index contributed by atoms with van der Waals surface area (Å²) in [6.45, 7) is 9.28. The molecule has 3 rings (SSSR count). The minimum Gasteiger partial charge on any atom is -0.431 e. The zero-order chi connectivity index (χ0) is 26.0. The van der Waals surface area contributed by atoms with Gasteiger partial charge >= 0.3 is 7.52 Å². The number of rotatable bonds is 16. The van der Waals surface area contributed by atoms with E-state index in [1.54, 1.807) is 18.5 Å². The van der Waals surface area contributed by atoms with E-state index >= 15 is 0 Å². The van der Waals surface area contributed by atoms with Crippen molar-refractivity contribution in [1.82, 2.24) is 24.6 Å². The van der Waals surface area contributed by atoms with Crippen molar-refractivity contribution in [3.8, 4) is 5.75 Å².